The van der Waals surface area contributed by atoms with Gasteiger partial charge in [0.25, 0.3) is 0 Å². The lowest BCUT2D eigenvalue weighted by Crippen LogP contribution is -2.62. The van der Waals surface area contributed by atoms with Crippen LogP contribution < -0.4 is 0 Å². The third-order valence-corrected chi connectivity index (χ3v) is 11.9. The number of furan rings is 1. The Kier molecular flexibility index (Phi) is 6.74. The van der Waals surface area contributed by atoms with Crippen LogP contribution in [0, 0.1) is 34.4 Å². The summed E-state index contributed by atoms with van der Waals surface area (Å²) in [6, 6.07) is 6.84. The minimum absolute atomic E-state index is 0.00363. The van der Waals surface area contributed by atoms with Gasteiger partial charge in [-0.25, -0.2) is 18.3 Å². The van der Waals surface area contributed by atoms with Gasteiger partial charge in [-0.3, -0.25) is 4.79 Å². The number of hydrogen-bond donors (Lipinski definition) is 1. The maximum atomic E-state index is 13.7. The number of aliphatic hydroxyl groups is 1. The molecule has 7 rings (SSSR count). The lowest BCUT2D eigenvalue weighted by atomic mass is 9.45. The lowest BCUT2D eigenvalue weighted by Gasteiger charge is -2.60. The molecular formula is C33H34F2N2O5S. The first-order valence-electron chi connectivity index (χ1n) is 14.8. The van der Waals surface area contributed by atoms with Gasteiger partial charge in [0.15, 0.2) is 5.60 Å². The van der Waals surface area contributed by atoms with Crippen LogP contribution in [0.3, 0.4) is 0 Å². The number of esters is 1. The summed E-state index contributed by atoms with van der Waals surface area (Å²) in [5.41, 5.74) is 1.54. The van der Waals surface area contributed by atoms with Crippen LogP contribution in [0.2, 0.25) is 0 Å². The van der Waals surface area contributed by atoms with E-state index in [2.05, 4.69) is 18.1 Å². The van der Waals surface area contributed by atoms with E-state index in [9.17, 15) is 23.5 Å². The van der Waals surface area contributed by atoms with Crippen LogP contribution in [0.15, 0.2) is 59.0 Å². The van der Waals surface area contributed by atoms with Crippen molar-refractivity contribution in [2.75, 3.05) is 6.01 Å². The van der Waals surface area contributed by atoms with Crippen LogP contribution in [0.25, 0.3) is 11.8 Å². The number of carbonyl (C=O) groups excluding carboxylic acids is 2. The van der Waals surface area contributed by atoms with Gasteiger partial charge >= 0.3 is 5.97 Å². The Morgan fingerprint density at radius 1 is 1.21 bits per heavy atom. The van der Waals surface area contributed by atoms with Crippen molar-refractivity contribution in [2.24, 2.45) is 28.6 Å². The van der Waals surface area contributed by atoms with Crippen LogP contribution in [0.4, 0.5) is 8.78 Å². The summed E-state index contributed by atoms with van der Waals surface area (Å²) >= 11 is 0.535. The number of benzene rings is 1. The van der Waals surface area contributed by atoms with E-state index in [4.69, 9.17) is 9.15 Å². The van der Waals surface area contributed by atoms with E-state index in [1.807, 2.05) is 17.8 Å². The van der Waals surface area contributed by atoms with Gasteiger partial charge in [0.2, 0.25) is 5.12 Å². The summed E-state index contributed by atoms with van der Waals surface area (Å²) in [6.07, 6.45) is 9.47. The van der Waals surface area contributed by atoms with E-state index in [1.54, 1.807) is 12.1 Å². The molecular weight excluding hydrogens is 574 g/mol. The van der Waals surface area contributed by atoms with Crippen molar-refractivity contribution in [3.05, 3.63) is 77.3 Å². The first-order chi connectivity index (χ1) is 20.6. The van der Waals surface area contributed by atoms with Crippen molar-refractivity contribution < 1.29 is 32.6 Å². The van der Waals surface area contributed by atoms with Crippen LogP contribution in [-0.4, -0.2) is 43.7 Å². The van der Waals surface area contributed by atoms with Crippen molar-refractivity contribution in [3.8, 4) is 5.69 Å². The maximum absolute atomic E-state index is 13.7. The molecule has 43 heavy (non-hydrogen) atoms. The van der Waals surface area contributed by atoms with Crippen LogP contribution >= 0.6 is 11.8 Å². The Hall–Kier alpha value is -3.24. The third-order valence-electron chi connectivity index (χ3n) is 11.2. The van der Waals surface area contributed by atoms with Crippen LogP contribution in [0.1, 0.15) is 67.6 Å². The molecule has 3 aromatic rings. The number of alkyl halides is 1. The zero-order valence-electron chi connectivity index (χ0n) is 24.1. The number of halogens is 2. The van der Waals surface area contributed by atoms with Crippen LogP contribution in [-0.2, 0) is 16.0 Å². The maximum Gasteiger partial charge on any atom is 0.342 e. The SMILES string of the molecule is C[C@]12Cc3cnn(-c4ccc(F)cc4)c3C=C1CC[C@@H]1[C@@H]2[C@@H](O)C[C@@]2(C)[C@H]1CC[C@]2(OC(=O)c1ccoc1)C(=O)SCF. The van der Waals surface area contributed by atoms with Crippen molar-refractivity contribution in [1.82, 2.24) is 9.78 Å². The molecule has 0 radical (unpaired) electrons. The zero-order valence-corrected chi connectivity index (χ0v) is 24.9. The van der Waals surface area contributed by atoms with E-state index in [0.29, 0.717) is 24.6 Å². The number of hydrogen-bond acceptors (Lipinski definition) is 7. The largest absolute Gasteiger partial charge is 0.472 e. The first-order valence-corrected chi connectivity index (χ1v) is 15.8. The molecule has 226 valence electrons. The van der Waals surface area contributed by atoms with Gasteiger partial charge in [-0.2, -0.15) is 5.10 Å². The van der Waals surface area contributed by atoms with E-state index in [1.165, 1.54) is 36.3 Å². The number of thioether (sulfide) groups is 1. The minimum atomic E-state index is -1.55. The summed E-state index contributed by atoms with van der Waals surface area (Å²) in [4.78, 5) is 26.9. The van der Waals surface area contributed by atoms with Crippen LogP contribution in [0.5, 0.6) is 0 Å². The van der Waals surface area contributed by atoms with Crippen molar-refractivity contribution >= 4 is 28.9 Å². The average Bonchev–Trinajstić information content (AvgIpc) is 3.71. The normalized spacial score (nSPS) is 34.4. The first kappa shape index (κ1) is 28.5. The van der Waals surface area contributed by atoms with Gasteiger partial charge in [0.1, 0.15) is 18.1 Å². The second-order valence-corrected chi connectivity index (χ2v) is 13.9. The molecule has 0 amide bonds. The van der Waals surface area contributed by atoms with Gasteiger partial charge in [0.05, 0.1) is 35.5 Å². The summed E-state index contributed by atoms with van der Waals surface area (Å²) in [6.45, 7) is 4.17. The summed E-state index contributed by atoms with van der Waals surface area (Å²) in [5, 5.41) is 16.1. The number of ether oxygens (including phenoxy) is 1. The fraction of sp³-hybridized carbons (Fsp3) is 0.485. The summed E-state index contributed by atoms with van der Waals surface area (Å²) < 4.78 is 40.1. The Morgan fingerprint density at radius 3 is 2.72 bits per heavy atom. The fourth-order valence-corrected chi connectivity index (χ4v) is 9.98. The van der Waals surface area contributed by atoms with E-state index in [-0.39, 0.29) is 47.4 Å². The summed E-state index contributed by atoms with van der Waals surface area (Å²) in [5.74, 6) is -0.966. The predicted molar refractivity (Wildman–Crippen MR) is 156 cm³/mol. The molecule has 4 aliphatic carbocycles. The van der Waals surface area contributed by atoms with Crippen molar-refractivity contribution in [3.63, 3.8) is 0 Å². The molecule has 0 bridgehead atoms. The average molecular weight is 609 g/mol. The number of aliphatic hydroxyl groups excluding tert-OH is 1. The molecule has 1 N–H and O–H groups in total. The van der Waals surface area contributed by atoms with Crippen molar-refractivity contribution in [1.29, 1.82) is 0 Å². The highest BCUT2D eigenvalue weighted by Gasteiger charge is 2.70. The molecule has 3 saturated carbocycles. The second kappa shape index (κ2) is 10.2. The zero-order chi connectivity index (χ0) is 30.1. The number of fused-ring (bicyclic) bond motifs is 6. The highest BCUT2D eigenvalue weighted by molar-refractivity contribution is 8.13. The number of rotatable bonds is 5. The van der Waals surface area contributed by atoms with E-state index < -0.39 is 34.2 Å². The molecule has 0 unspecified atom stereocenters. The van der Waals surface area contributed by atoms with Gasteiger partial charge < -0.3 is 14.3 Å². The standard InChI is InChI=1S/C33H34F2N2O5S/c1-31-14-20-16-36-37(23-6-4-22(35)5-7-23)26(20)13-21(31)3-8-24-25-9-11-33(30(40)43-18-34,32(25,2)15-27(38)28(24)31)42-29(39)19-10-12-41-17-19/h4-7,10,12-13,16-17,24-25,27-28,38H,3,8-9,11,14-15,18H2,1-2H3/t24-,25-,27-,28+,31-,32-,33-/m0/s1. The molecule has 2 aromatic heterocycles. The molecule has 2 heterocycles. The Labute approximate surface area is 252 Å². The van der Waals surface area contributed by atoms with Gasteiger partial charge in [-0.05, 0) is 115 Å². The Balaban J connectivity index is 1.23. The predicted octanol–water partition coefficient (Wildman–Crippen LogP) is 6.54. The van der Waals surface area contributed by atoms with E-state index >= 15 is 0 Å². The Bertz CT molecular complexity index is 1600. The van der Waals surface area contributed by atoms with Gasteiger partial charge in [0, 0.05) is 5.41 Å². The number of nitrogens with zero attached hydrogens (tertiary/aromatic N) is 2. The molecule has 4 aliphatic rings. The molecule has 0 aliphatic heterocycles. The van der Waals surface area contributed by atoms with E-state index in [0.717, 1.165) is 29.8 Å². The quantitative estimate of drug-likeness (QED) is 0.329. The number of allylic oxidation sites excluding steroid dienone is 1. The Morgan fingerprint density at radius 2 is 2.00 bits per heavy atom. The smallest absolute Gasteiger partial charge is 0.342 e. The molecule has 3 fully saturated rings. The molecule has 7 atom stereocenters. The third kappa shape index (κ3) is 4.12. The molecule has 10 heteroatoms. The number of carbonyl (C=O) groups is 2. The molecule has 0 spiro atoms. The summed E-state index contributed by atoms with van der Waals surface area (Å²) in [7, 11) is 0. The monoisotopic (exact) mass is 608 g/mol. The molecule has 7 nitrogen and oxygen atoms in total. The highest BCUT2D eigenvalue weighted by atomic mass is 32.2. The fourth-order valence-electron chi connectivity index (χ4n) is 9.27. The second-order valence-electron chi connectivity index (χ2n) is 13.0. The highest BCUT2D eigenvalue weighted by Crippen LogP contribution is 2.69. The van der Waals surface area contributed by atoms with Crippen molar-refractivity contribution in [2.45, 2.75) is 64.1 Å². The minimum Gasteiger partial charge on any atom is -0.472 e. The van der Waals surface area contributed by atoms with Gasteiger partial charge in [-0.1, -0.05) is 19.4 Å². The molecule has 1 aromatic carbocycles. The molecule has 0 saturated heterocycles. The lowest BCUT2D eigenvalue weighted by molar-refractivity contribution is -0.174. The topological polar surface area (TPSA) is 94.6 Å². The van der Waals surface area contributed by atoms with Gasteiger partial charge in [-0.15, -0.1) is 0 Å². The number of aromatic nitrogens is 2.